The van der Waals surface area contributed by atoms with E-state index in [4.69, 9.17) is 7.85 Å². The summed E-state index contributed by atoms with van der Waals surface area (Å²) in [5.74, 6) is 0. The lowest BCUT2D eigenvalue weighted by Crippen LogP contribution is -2.27. The molecule has 6 rings (SSSR count). The molecule has 1 spiro atoms. The summed E-state index contributed by atoms with van der Waals surface area (Å²) in [6.07, 6.45) is 0. The van der Waals surface area contributed by atoms with E-state index in [1.165, 1.54) is 38.9 Å². The van der Waals surface area contributed by atoms with Gasteiger partial charge in [-0.05, 0) is 68.8 Å². The highest BCUT2D eigenvalue weighted by atomic mass is 79.9. The third kappa shape index (κ3) is 2.00. The molecular weight excluding hydrogens is 417 g/mol. The first-order chi connectivity index (χ1) is 14.1. The molecule has 0 bridgehead atoms. The second-order valence-electron chi connectivity index (χ2n) is 7.66. The number of hydrogen-bond donors (Lipinski definition) is 0. The number of hydrogen-bond acceptors (Lipinski definition) is 1. The molecule has 3 heteroatoms. The van der Waals surface area contributed by atoms with Gasteiger partial charge in [0.2, 0.25) is 0 Å². The minimum atomic E-state index is -0.470. The number of fused-ring (bicyclic) bond motifs is 10. The van der Waals surface area contributed by atoms with Crippen LogP contribution in [-0.4, -0.2) is 7.85 Å². The maximum absolute atomic E-state index is 9.62. The minimum absolute atomic E-state index is 0.470. The standard InChI is InChI=1S/C26H13BBrN/c27-16-6-9-20-21-10-7-17(28)13-25(21)26(24(20)12-16)22-4-2-1-3-18(22)19-8-5-15(14-29)11-23(19)26/h1-13H. The molecule has 0 aromatic heterocycles. The van der Waals surface area contributed by atoms with Crippen molar-refractivity contribution in [2.45, 2.75) is 5.41 Å². The quantitative estimate of drug-likeness (QED) is 0.294. The second-order valence-corrected chi connectivity index (χ2v) is 8.58. The Balaban J connectivity index is 1.87. The zero-order valence-corrected chi connectivity index (χ0v) is 17.0. The zero-order chi connectivity index (χ0) is 19.8. The van der Waals surface area contributed by atoms with E-state index >= 15 is 0 Å². The van der Waals surface area contributed by atoms with Gasteiger partial charge in [-0.1, -0.05) is 76.0 Å². The molecule has 132 valence electrons. The molecule has 0 N–H and O–H groups in total. The molecule has 2 aliphatic carbocycles. The van der Waals surface area contributed by atoms with Crippen LogP contribution in [0.1, 0.15) is 27.8 Å². The summed E-state index contributed by atoms with van der Waals surface area (Å²) >= 11 is 3.69. The Kier molecular flexibility index (Phi) is 3.32. The van der Waals surface area contributed by atoms with Gasteiger partial charge in [-0.2, -0.15) is 5.26 Å². The zero-order valence-electron chi connectivity index (χ0n) is 15.4. The monoisotopic (exact) mass is 429 g/mol. The average Bonchev–Trinajstić information content (AvgIpc) is 3.19. The van der Waals surface area contributed by atoms with Gasteiger partial charge < -0.3 is 0 Å². The highest BCUT2D eigenvalue weighted by Gasteiger charge is 2.51. The van der Waals surface area contributed by atoms with Crippen molar-refractivity contribution < 1.29 is 0 Å². The molecule has 2 radical (unpaired) electrons. The second kappa shape index (κ2) is 5.72. The molecule has 4 aromatic rings. The van der Waals surface area contributed by atoms with Gasteiger partial charge >= 0.3 is 0 Å². The van der Waals surface area contributed by atoms with Crippen LogP contribution in [0.2, 0.25) is 0 Å². The third-order valence-electron chi connectivity index (χ3n) is 6.30. The predicted molar refractivity (Wildman–Crippen MR) is 121 cm³/mol. The minimum Gasteiger partial charge on any atom is -0.192 e. The van der Waals surface area contributed by atoms with Crippen LogP contribution < -0.4 is 5.46 Å². The van der Waals surface area contributed by atoms with Gasteiger partial charge in [0, 0.05) is 4.47 Å². The SMILES string of the molecule is [B]c1ccc2c(c1)C1(c3ccccc3-c3ccc(C#N)cc31)c1cc(Br)ccc1-2. The van der Waals surface area contributed by atoms with Crippen molar-refractivity contribution in [3.05, 3.63) is 111 Å². The number of nitrogens with zero attached hydrogens (tertiary/aromatic N) is 1. The van der Waals surface area contributed by atoms with E-state index in [-0.39, 0.29) is 0 Å². The van der Waals surface area contributed by atoms with E-state index in [1.54, 1.807) is 0 Å². The molecule has 0 heterocycles. The Morgan fingerprint density at radius 1 is 0.690 bits per heavy atom. The van der Waals surface area contributed by atoms with E-state index in [1.807, 2.05) is 12.1 Å². The van der Waals surface area contributed by atoms with Crippen molar-refractivity contribution in [2.75, 3.05) is 0 Å². The van der Waals surface area contributed by atoms with Crippen molar-refractivity contribution in [1.29, 1.82) is 5.26 Å². The van der Waals surface area contributed by atoms with E-state index in [0.717, 1.165) is 15.5 Å². The lowest BCUT2D eigenvalue weighted by Gasteiger charge is -2.31. The molecule has 29 heavy (non-hydrogen) atoms. The molecule has 1 atom stereocenters. The molecular formula is C26H13BBrN. The van der Waals surface area contributed by atoms with E-state index < -0.39 is 5.41 Å². The van der Waals surface area contributed by atoms with Crippen LogP contribution in [-0.2, 0) is 5.41 Å². The Morgan fingerprint density at radius 2 is 1.31 bits per heavy atom. The molecule has 0 fully saturated rings. The highest BCUT2D eigenvalue weighted by Crippen LogP contribution is 2.62. The van der Waals surface area contributed by atoms with Gasteiger partial charge in [0.1, 0.15) is 7.85 Å². The maximum Gasteiger partial charge on any atom is 0.113 e. The summed E-state index contributed by atoms with van der Waals surface area (Å²) in [6.45, 7) is 0. The summed E-state index contributed by atoms with van der Waals surface area (Å²) in [6, 6.07) is 29.6. The maximum atomic E-state index is 9.62. The normalized spacial score (nSPS) is 17.4. The lowest BCUT2D eigenvalue weighted by atomic mass is 9.69. The fourth-order valence-electron chi connectivity index (χ4n) is 5.24. The Hall–Kier alpha value is -3.09. The molecule has 0 amide bonds. The fraction of sp³-hybridized carbons (Fsp3) is 0.0385. The number of halogens is 1. The predicted octanol–water partition coefficient (Wildman–Crippen LogP) is 5.46. The van der Waals surface area contributed by atoms with Gasteiger partial charge in [0.25, 0.3) is 0 Å². The summed E-state index contributed by atoms with van der Waals surface area (Å²) in [5.41, 5.74) is 10.6. The molecule has 0 saturated heterocycles. The van der Waals surface area contributed by atoms with Gasteiger partial charge in [0.15, 0.2) is 0 Å². The van der Waals surface area contributed by atoms with Crippen molar-refractivity contribution in [3.63, 3.8) is 0 Å². The van der Waals surface area contributed by atoms with Gasteiger partial charge in [-0.25, -0.2) is 0 Å². The van der Waals surface area contributed by atoms with Crippen molar-refractivity contribution in [1.82, 2.24) is 0 Å². The van der Waals surface area contributed by atoms with E-state index in [0.29, 0.717) is 5.56 Å². The van der Waals surface area contributed by atoms with Crippen LogP contribution in [0.5, 0.6) is 0 Å². The largest absolute Gasteiger partial charge is 0.192 e. The van der Waals surface area contributed by atoms with E-state index in [9.17, 15) is 5.26 Å². The fourth-order valence-corrected chi connectivity index (χ4v) is 5.60. The topological polar surface area (TPSA) is 23.8 Å². The van der Waals surface area contributed by atoms with Gasteiger partial charge in [-0.15, -0.1) is 0 Å². The Morgan fingerprint density at radius 3 is 2.10 bits per heavy atom. The summed E-state index contributed by atoms with van der Waals surface area (Å²) in [4.78, 5) is 0. The molecule has 0 saturated carbocycles. The van der Waals surface area contributed by atoms with Gasteiger partial charge in [-0.3, -0.25) is 0 Å². The van der Waals surface area contributed by atoms with Crippen LogP contribution in [0.15, 0.2) is 83.3 Å². The molecule has 4 aromatic carbocycles. The lowest BCUT2D eigenvalue weighted by molar-refractivity contribution is 0.793. The first kappa shape index (κ1) is 16.8. The Labute approximate surface area is 179 Å². The summed E-state index contributed by atoms with van der Waals surface area (Å²) in [7, 11) is 6.28. The molecule has 2 aliphatic rings. The van der Waals surface area contributed by atoms with Crippen LogP contribution in [0, 0.1) is 11.3 Å². The average molecular weight is 430 g/mol. The molecule has 1 nitrogen and oxygen atoms in total. The highest BCUT2D eigenvalue weighted by molar-refractivity contribution is 9.10. The summed E-state index contributed by atoms with van der Waals surface area (Å²) in [5, 5.41) is 9.62. The first-order valence-corrected chi connectivity index (χ1v) is 10.3. The number of rotatable bonds is 0. The van der Waals surface area contributed by atoms with Crippen molar-refractivity contribution >= 4 is 29.2 Å². The molecule has 1 unspecified atom stereocenters. The third-order valence-corrected chi connectivity index (χ3v) is 6.79. The van der Waals surface area contributed by atoms with E-state index in [2.05, 4.69) is 88.7 Å². The van der Waals surface area contributed by atoms with Crippen LogP contribution in [0.3, 0.4) is 0 Å². The van der Waals surface area contributed by atoms with Crippen molar-refractivity contribution in [2.24, 2.45) is 0 Å². The number of nitriles is 1. The molecule has 0 aliphatic heterocycles. The Bertz CT molecular complexity index is 1340. The van der Waals surface area contributed by atoms with Crippen molar-refractivity contribution in [3.8, 4) is 28.3 Å². The smallest absolute Gasteiger partial charge is 0.113 e. The van der Waals surface area contributed by atoms with Crippen LogP contribution in [0.25, 0.3) is 22.3 Å². The number of benzene rings is 4. The van der Waals surface area contributed by atoms with Gasteiger partial charge in [0.05, 0.1) is 17.0 Å². The van der Waals surface area contributed by atoms with Crippen LogP contribution in [0.4, 0.5) is 0 Å². The summed E-state index contributed by atoms with van der Waals surface area (Å²) < 4.78 is 1.04. The van der Waals surface area contributed by atoms with Crippen LogP contribution >= 0.6 is 15.9 Å². The first-order valence-electron chi connectivity index (χ1n) is 9.49.